The van der Waals surface area contributed by atoms with Gasteiger partial charge in [-0.1, -0.05) is 18.2 Å². The molecule has 0 spiro atoms. The number of carbonyl (C=O) groups excluding carboxylic acids is 2. The van der Waals surface area contributed by atoms with E-state index in [-0.39, 0.29) is 11.1 Å². The first kappa shape index (κ1) is 26.7. The van der Waals surface area contributed by atoms with Crippen LogP contribution in [0.25, 0.3) is 6.08 Å². The highest BCUT2D eigenvalue weighted by Gasteiger charge is 2.26. The van der Waals surface area contributed by atoms with Gasteiger partial charge in [-0.15, -0.1) is 0 Å². The van der Waals surface area contributed by atoms with Crippen LogP contribution in [0.2, 0.25) is 0 Å². The van der Waals surface area contributed by atoms with E-state index in [1.807, 2.05) is 48.7 Å². The summed E-state index contributed by atoms with van der Waals surface area (Å²) < 4.78 is 5.98. The zero-order chi connectivity index (χ0) is 26.1. The Balaban J connectivity index is 0.000000345. The number of carbonyl (C=O) groups is 4. The summed E-state index contributed by atoms with van der Waals surface area (Å²) in [6.45, 7) is 1.60. The molecular formula is C24H25N3O8S. The van der Waals surface area contributed by atoms with Crippen molar-refractivity contribution in [2.75, 3.05) is 18.1 Å². The van der Waals surface area contributed by atoms with Crippen LogP contribution in [0.15, 0.2) is 53.6 Å². The van der Waals surface area contributed by atoms with Crippen LogP contribution in [-0.4, -0.2) is 68.7 Å². The fraction of sp³-hybridized carbons (Fsp3) is 0.292. The monoisotopic (exact) mass is 515 g/mol. The smallest absolute Gasteiger partial charge is 0.333 e. The number of imide groups is 1. The molecule has 0 bridgehead atoms. The molecular weight excluding hydrogens is 490 g/mol. The Kier molecular flexibility index (Phi) is 9.42. The molecule has 2 aromatic rings. The maximum Gasteiger partial charge on any atom is 0.333 e. The number of amides is 2. The number of aromatic nitrogens is 1. The minimum atomic E-state index is -1.79. The van der Waals surface area contributed by atoms with E-state index in [4.69, 9.17) is 20.1 Å². The maximum absolute atomic E-state index is 11.6. The summed E-state index contributed by atoms with van der Waals surface area (Å²) in [5, 5.41) is 26.1. The van der Waals surface area contributed by atoms with Crippen molar-refractivity contribution < 1.29 is 39.2 Å². The van der Waals surface area contributed by atoms with Crippen LogP contribution < -0.4 is 15.0 Å². The Bertz CT molecular complexity index is 1120. The number of hydrogen-bond acceptors (Lipinski definition) is 9. The first-order chi connectivity index (χ1) is 17.2. The summed E-state index contributed by atoms with van der Waals surface area (Å²) >= 11 is 0.917. The average Bonchev–Trinajstić information content (AvgIpc) is 3.44. The van der Waals surface area contributed by atoms with Gasteiger partial charge in [0.15, 0.2) is 6.10 Å². The second-order valence-corrected chi connectivity index (χ2v) is 8.88. The predicted octanol–water partition coefficient (Wildman–Crippen LogP) is 2.36. The van der Waals surface area contributed by atoms with Crippen LogP contribution in [0.1, 0.15) is 24.8 Å². The van der Waals surface area contributed by atoms with Gasteiger partial charge in [-0.2, -0.15) is 0 Å². The second kappa shape index (κ2) is 12.7. The molecule has 12 heteroatoms. The molecule has 3 heterocycles. The minimum absolute atomic E-state index is 0.311. The van der Waals surface area contributed by atoms with Crippen molar-refractivity contribution in [3.63, 3.8) is 0 Å². The van der Waals surface area contributed by atoms with E-state index in [0.29, 0.717) is 17.6 Å². The molecule has 2 aliphatic heterocycles. The number of carboxylic acid groups (broad SMARTS) is 2. The van der Waals surface area contributed by atoms with Crippen LogP contribution in [0.5, 0.6) is 5.75 Å². The summed E-state index contributed by atoms with van der Waals surface area (Å²) in [6, 6.07) is 13.8. The SMILES string of the molecule is O=C(O)CC(O)C(=O)O.O=C1NC(=O)/C(=C/c2ccc(OC[C@@H]3CCCN3c3ccccn3)cc2)S1. The molecule has 190 valence electrons. The van der Waals surface area contributed by atoms with Gasteiger partial charge in [0.25, 0.3) is 11.1 Å². The van der Waals surface area contributed by atoms with Crippen LogP contribution in [0, 0.1) is 0 Å². The van der Waals surface area contributed by atoms with Crippen LogP contribution in [0.3, 0.4) is 0 Å². The van der Waals surface area contributed by atoms with Crippen LogP contribution in [0.4, 0.5) is 10.6 Å². The van der Waals surface area contributed by atoms with Gasteiger partial charge in [-0.25, -0.2) is 9.78 Å². The summed E-state index contributed by atoms with van der Waals surface area (Å²) in [6.07, 6.45) is 3.19. The van der Waals surface area contributed by atoms with E-state index in [1.165, 1.54) is 0 Å². The second-order valence-electron chi connectivity index (χ2n) is 7.86. The highest BCUT2D eigenvalue weighted by Crippen LogP contribution is 2.27. The Morgan fingerprint density at radius 2 is 1.94 bits per heavy atom. The van der Waals surface area contributed by atoms with Crippen molar-refractivity contribution in [2.24, 2.45) is 0 Å². The van der Waals surface area contributed by atoms with E-state index in [2.05, 4.69) is 15.2 Å². The number of aliphatic hydroxyl groups is 1. The lowest BCUT2D eigenvalue weighted by Gasteiger charge is -2.25. The van der Waals surface area contributed by atoms with E-state index < -0.39 is 24.5 Å². The van der Waals surface area contributed by atoms with Crippen molar-refractivity contribution in [1.29, 1.82) is 0 Å². The number of anilines is 1. The first-order valence-corrected chi connectivity index (χ1v) is 11.8. The molecule has 2 aliphatic rings. The average molecular weight is 516 g/mol. The zero-order valence-electron chi connectivity index (χ0n) is 19.1. The Morgan fingerprint density at radius 1 is 1.19 bits per heavy atom. The van der Waals surface area contributed by atoms with Crippen molar-refractivity contribution in [1.82, 2.24) is 10.3 Å². The van der Waals surface area contributed by atoms with E-state index in [1.54, 1.807) is 6.08 Å². The van der Waals surface area contributed by atoms with Gasteiger partial charge in [-0.3, -0.25) is 19.7 Å². The van der Waals surface area contributed by atoms with Gasteiger partial charge in [0, 0.05) is 12.7 Å². The normalized spacial score (nSPS) is 18.9. The molecule has 2 atom stereocenters. The maximum atomic E-state index is 11.6. The number of nitrogens with zero attached hydrogens (tertiary/aromatic N) is 2. The first-order valence-electron chi connectivity index (χ1n) is 11.0. The van der Waals surface area contributed by atoms with Crippen molar-refractivity contribution in [3.05, 3.63) is 59.1 Å². The molecule has 2 amide bonds. The summed E-state index contributed by atoms with van der Waals surface area (Å²) in [5.74, 6) is -1.42. The van der Waals surface area contributed by atoms with Crippen molar-refractivity contribution in [2.45, 2.75) is 31.4 Å². The fourth-order valence-electron chi connectivity index (χ4n) is 3.51. The number of thioether (sulfide) groups is 1. The van der Waals surface area contributed by atoms with Crippen molar-refractivity contribution >= 4 is 46.7 Å². The Morgan fingerprint density at radius 3 is 2.50 bits per heavy atom. The predicted molar refractivity (Wildman–Crippen MR) is 132 cm³/mol. The highest BCUT2D eigenvalue weighted by molar-refractivity contribution is 8.18. The molecule has 11 nitrogen and oxygen atoms in total. The number of aliphatic carboxylic acids is 2. The lowest BCUT2D eigenvalue weighted by molar-refractivity contribution is -0.152. The largest absolute Gasteiger partial charge is 0.491 e. The molecule has 0 radical (unpaired) electrons. The summed E-state index contributed by atoms with van der Waals surface area (Å²) in [7, 11) is 0. The summed E-state index contributed by atoms with van der Waals surface area (Å²) in [5.41, 5.74) is 0.852. The van der Waals surface area contributed by atoms with Crippen LogP contribution in [-0.2, 0) is 14.4 Å². The molecule has 36 heavy (non-hydrogen) atoms. The van der Waals surface area contributed by atoms with Crippen LogP contribution >= 0.6 is 11.8 Å². The third kappa shape index (κ3) is 7.82. The molecule has 4 N–H and O–H groups in total. The lowest BCUT2D eigenvalue weighted by Crippen LogP contribution is -2.34. The topological polar surface area (TPSA) is 166 Å². The third-order valence-electron chi connectivity index (χ3n) is 5.24. The minimum Gasteiger partial charge on any atom is -0.491 e. The fourth-order valence-corrected chi connectivity index (χ4v) is 4.19. The van der Waals surface area contributed by atoms with Gasteiger partial charge in [0.1, 0.15) is 18.2 Å². The number of carboxylic acids is 2. The molecule has 2 fully saturated rings. The molecule has 1 unspecified atom stereocenters. The quantitative estimate of drug-likeness (QED) is 0.381. The molecule has 1 aromatic heterocycles. The number of pyridine rings is 1. The lowest BCUT2D eigenvalue weighted by atomic mass is 10.2. The molecule has 4 rings (SSSR count). The van der Waals surface area contributed by atoms with E-state index >= 15 is 0 Å². The van der Waals surface area contributed by atoms with Gasteiger partial charge < -0.3 is 25.0 Å². The van der Waals surface area contributed by atoms with Gasteiger partial charge >= 0.3 is 11.9 Å². The van der Waals surface area contributed by atoms with Crippen molar-refractivity contribution in [3.8, 4) is 5.75 Å². The number of nitrogens with one attached hydrogen (secondary N) is 1. The molecule has 0 aliphatic carbocycles. The molecule has 1 aromatic carbocycles. The third-order valence-corrected chi connectivity index (χ3v) is 6.05. The Labute approximate surface area is 210 Å². The van der Waals surface area contributed by atoms with Gasteiger partial charge in [-0.05, 0) is 60.5 Å². The van der Waals surface area contributed by atoms with Gasteiger partial charge in [0.05, 0.1) is 17.4 Å². The standard InChI is InChI=1S/C20H19N3O3S.C4H6O5/c24-19-17(27-20(25)22-19)12-14-6-8-16(9-7-14)26-13-15-4-3-11-23(15)18-5-1-2-10-21-18;5-2(4(8)9)1-3(6)7/h1-2,5-10,12,15H,3-4,11,13H2,(H,22,24,25);2,5H,1H2,(H,6,7)(H,8,9)/b17-12-;/t15-;/m0./s1. The number of rotatable bonds is 8. The number of ether oxygens (including phenoxy) is 1. The number of aliphatic hydroxyl groups excluding tert-OH is 1. The number of benzene rings is 1. The van der Waals surface area contributed by atoms with E-state index in [9.17, 15) is 19.2 Å². The van der Waals surface area contributed by atoms with Gasteiger partial charge in [0.2, 0.25) is 0 Å². The number of hydrogen-bond donors (Lipinski definition) is 4. The molecule has 0 saturated carbocycles. The zero-order valence-corrected chi connectivity index (χ0v) is 19.9. The molecule has 2 saturated heterocycles. The Hall–Kier alpha value is -3.90. The van der Waals surface area contributed by atoms with E-state index in [0.717, 1.165) is 48.3 Å². The summed E-state index contributed by atoms with van der Waals surface area (Å²) in [4.78, 5) is 49.4. The highest BCUT2D eigenvalue weighted by atomic mass is 32.2.